The fraction of sp³-hybridized carbons (Fsp3) is 0.609. The van der Waals surface area contributed by atoms with Crippen molar-refractivity contribution < 1.29 is 18.0 Å². The Balaban J connectivity index is 1.47. The Labute approximate surface area is 196 Å². The van der Waals surface area contributed by atoms with Gasteiger partial charge in [0.2, 0.25) is 11.2 Å². The average molecular weight is 484 g/mol. The molecule has 2 fully saturated rings. The molecule has 1 aliphatic carbocycles. The molecule has 2 aliphatic rings. The summed E-state index contributed by atoms with van der Waals surface area (Å²) in [5, 5.41) is 6.80. The molecule has 2 aromatic rings. The Bertz CT molecular complexity index is 1030. The molecule has 0 spiro atoms. The number of halogens is 4. The van der Waals surface area contributed by atoms with Crippen molar-refractivity contribution in [1.29, 1.82) is 0 Å². The number of carbonyl (C=O) groups is 1. The van der Waals surface area contributed by atoms with Gasteiger partial charge in [-0.15, -0.1) is 0 Å². The molecule has 1 saturated heterocycles. The first-order valence-electron chi connectivity index (χ1n) is 11.3. The lowest BCUT2D eigenvalue weighted by atomic mass is 9.89. The number of nitrogens with one attached hydrogen (secondary N) is 2. The summed E-state index contributed by atoms with van der Waals surface area (Å²) >= 11 is 6.00. The number of fused-ring (bicyclic) bond motifs is 1. The van der Waals surface area contributed by atoms with Crippen molar-refractivity contribution in [2.45, 2.75) is 82.7 Å². The molecule has 2 heterocycles. The molecule has 0 radical (unpaired) electrons. The monoisotopic (exact) mass is 483 g/mol. The summed E-state index contributed by atoms with van der Waals surface area (Å²) in [6.45, 7) is 7.07. The molecule has 4 rings (SSSR count). The highest BCUT2D eigenvalue weighted by molar-refractivity contribution is 6.28. The van der Waals surface area contributed by atoms with Crippen LogP contribution < -0.4 is 10.6 Å². The standard InChI is InChI=1S/C23H29ClF3N5O/c1-22(2,3)31-14-5-7-15(8-6-14)32-11-10-18(20(32)33)28-19-16-12-13(23(25,26)27)4-9-17(16)29-21(24)30-19/h4,9,12,14-15,18,31H,5-8,10-11H2,1-3H3,(H,28,29,30). The molecule has 1 atom stereocenters. The Morgan fingerprint density at radius 3 is 2.39 bits per heavy atom. The smallest absolute Gasteiger partial charge is 0.358 e. The van der Waals surface area contributed by atoms with Crippen LogP contribution in [-0.4, -0.2) is 51.0 Å². The zero-order valence-corrected chi connectivity index (χ0v) is 19.7. The predicted molar refractivity (Wildman–Crippen MR) is 122 cm³/mol. The normalized spacial score (nSPS) is 24.5. The average Bonchev–Trinajstić information content (AvgIpc) is 3.06. The minimum absolute atomic E-state index is 0.0444. The molecule has 10 heteroatoms. The number of anilines is 1. The van der Waals surface area contributed by atoms with Gasteiger partial charge < -0.3 is 15.5 Å². The number of benzene rings is 1. The molecule has 33 heavy (non-hydrogen) atoms. The van der Waals surface area contributed by atoms with Crippen molar-refractivity contribution in [2.24, 2.45) is 0 Å². The molecular weight excluding hydrogens is 455 g/mol. The third-order valence-corrected chi connectivity index (χ3v) is 6.49. The van der Waals surface area contributed by atoms with Crippen molar-refractivity contribution in [3.05, 3.63) is 29.0 Å². The van der Waals surface area contributed by atoms with Crippen LogP contribution in [0.5, 0.6) is 0 Å². The molecule has 1 amide bonds. The second-order valence-corrected chi connectivity index (χ2v) is 10.3. The van der Waals surface area contributed by atoms with Gasteiger partial charge in [-0.1, -0.05) is 0 Å². The fourth-order valence-electron chi connectivity index (χ4n) is 4.89. The van der Waals surface area contributed by atoms with Gasteiger partial charge in [-0.3, -0.25) is 4.79 Å². The summed E-state index contributed by atoms with van der Waals surface area (Å²) < 4.78 is 39.7. The van der Waals surface area contributed by atoms with Gasteiger partial charge in [0.25, 0.3) is 0 Å². The summed E-state index contributed by atoms with van der Waals surface area (Å²) in [5.41, 5.74) is -0.453. The third kappa shape index (κ3) is 5.51. The molecule has 1 aromatic carbocycles. The molecule has 1 aliphatic heterocycles. The zero-order chi connectivity index (χ0) is 24.0. The minimum atomic E-state index is -4.49. The van der Waals surface area contributed by atoms with Gasteiger partial charge in [0, 0.05) is 29.6 Å². The quantitative estimate of drug-likeness (QED) is 0.598. The van der Waals surface area contributed by atoms with E-state index in [1.807, 2.05) is 4.90 Å². The van der Waals surface area contributed by atoms with Crippen LogP contribution in [0.4, 0.5) is 19.0 Å². The van der Waals surface area contributed by atoms with Gasteiger partial charge in [-0.2, -0.15) is 13.2 Å². The van der Waals surface area contributed by atoms with Crippen LogP contribution in [0.1, 0.15) is 58.4 Å². The van der Waals surface area contributed by atoms with Crippen LogP contribution in [-0.2, 0) is 11.0 Å². The number of nitrogens with zero attached hydrogens (tertiary/aromatic N) is 3. The van der Waals surface area contributed by atoms with Crippen molar-refractivity contribution in [1.82, 2.24) is 20.2 Å². The fourth-order valence-corrected chi connectivity index (χ4v) is 5.07. The number of carbonyl (C=O) groups excluding carboxylic acids is 1. The summed E-state index contributed by atoms with van der Waals surface area (Å²) in [5.74, 6) is 0.103. The van der Waals surface area contributed by atoms with E-state index in [4.69, 9.17) is 11.6 Å². The molecule has 1 saturated carbocycles. The maximum atomic E-state index is 13.2. The maximum absolute atomic E-state index is 13.2. The lowest BCUT2D eigenvalue weighted by Gasteiger charge is -2.37. The second-order valence-electron chi connectivity index (χ2n) is 9.99. The van der Waals surface area contributed by atoms with E-state index in [-0.39, 0.29) is 39.5 Å². The minimum Gasteiger partial charge on any atom is -0.358 e. The van der Waals surface area contributed by atoms with Crippen molar-refractivity contribution in [3.63, 3.8) is 0 Å². The van der Waals surface area contributed by atoms with Gasteiger partial charge in [0.15, 0.2) is 0 Å². The second kappa shape index (κ2) is 8.91. The van der Waals surface area contributed by atoms with Crippen LogP contribution in [0.25, 0.3) is 10.9 Å². The number of aromatic nitrogens is 2. The molecule has 6 nitrogen and oxygen atoms in total. The maximum Gasteiger partial charge on any atom is 0.416 e. The Morgan fingerprint density at radius 1 is 1.06 bits per heavy atom. The first-order valence-corrected chi connectivity index (χ1v) is 11.7. The first-order chi connectivity index (χ1) is 15.4. The van der Waals surface area contributed by atoms with E-state index < -0.39 is 17.8 Å². The van der Waals surface area contributed by atoms with E-state index in [9.17, 15) is 18.0 Å². The number of alkyl halides is 3. The van der Waals surface area contributed by atoms with Crippen molar-refractivity contribution in [2.75, 3.05) is 11.9 Å². The molecule has 180 valence electrons. The van der Waals surface area contributed by atoms with E-state index in [0.717, 1.165) is 37.8 Å². The molecule has 2 N–H and O–H groups in total. The number of hydrogen-bond donors (Lipinski definition) is 2. The number of rotatable bonds is 4. The molecular formula is C23H29ClF3N5O. The van der Waals surface area contributed by atoms with Gasteiger partial charge >= 0.3 is 6.18 Å². The first kappa shape index (κ1) is 24.0. The van der Waals surface area contributed by atoms with E-state index in [1.54, 1.807) is 0 Å². The Morgan fingerprint density at radius 2 is 1.76 bits per heavy atom. The van der Waals surface area contributed by atoms with Gasteiger partial charge in [-0.05, 0) is 82.7 Å². The SMILES string of the molecule is CC(C)(C)NC1CCC(N2CCC(Nc3nc(Cl)nc4ccc(C(F)(F)F)cc34)C2=O)CC1. The summed E-state index contributed by atoms with van der Waals surface area (Å²) in [4.78, 5) is 23.2. The Hall–Kier alpha value is -2.13. The van der Waals surface area contributed by atoms with E-state index >= 15 is 0 Å². The van der Waals surface area contributed by atoms with Crippen LogP contribution in [0.15, 0.2) is 18.2 Å². The highest BCUT2D eigenvalue weighted by atomic mass is 35.5. The lowest BCUT2D eigenvalue weighted by Crippen LogP contribution is -2.49. The third-order valence-electron chi connectivity index (χ3n) is 6.32. The van der Waals surface area contributed by atoms with Crippen LogP contribution >= 0.6 is 11.6 Å². The predicted octanol–water partition coefficient (Wildman–Crippen LogP) is 5.01. The van der Waals surface area contributed by atoms with E-state index in [2.05, 4.69) is 41.4 Å². The highest BCUT2D eigenvalue weighted by Crippen LogP contribution is 2.34. The van der Waals surface area contributed by atoms with E-state index in [1.165, 1.54) is 6.07 Å². The van der Waals surface area contributed by atoms with Crippen molar-refractivity contribution in [3.8, 4) is 0 Å². The summed E-state index contributed by atoms with van der Waals surface area (Å²) in [7, 11) is 0. The van der Waals surface area contributed by atoms with Gasteiger partial charge in [0.05, 0.1) is 11.1 Å². The molecule has 1 unspecified atom stereocenters. The largest absolute Gasteiger partial charge is 0.416 e. The Kier molecular flexibility index (Phi) is 6.48. The molecule has 0 bridgehead atoms. The number of amides is 1. The zero-order valence-electron chi connectivity index (χ0n) is 19.0. The van der Waals surface area contributed by atoms with Crippen LogP contribution in [0.3, 0.4) is 0 Å². The number of hydrogen-bond acceptors (Lipinski definition) is 5. The van der Waals surface area contributed by atoms with Crippen LogP contribution in [0, 0.1) is 0 Å². The topological polar surface area (TPSA) is 70.2 Å². The molecule has 1 aromatic heterocycles. The lowest BCUT2D eigenvalue weighted by molar-refractivity contribution is -0.137. The number of likely N-dealkylation sites (tertiary alicyclic amines) is 1. The summed E-state index contributed by atoms with van der Waals surface area (Å²) in [6.07, 6.45) is -0.0496. The van der Waals surface area contributed by atoms with Gasteiger partial charge in [0.1, 0.15) is 11.9 Å². The van der Waals surface area contributed by atoms with Crippen molar-refractivity contribution >= 4 is 34.2 Å². The van der Waals surface area contributed by atoms with Gasteiger partial charge in [-0.25, -0.2) is 9.97 Å². The van der Waals surface area contributed by atoms with E-state index in [0.29, 0.717) is 19.0 Å². The highest BCUT2D eigenvalue weighted by Gasteiger charge is 2.38. The summed E-state index contributed by atoms with van der Waals surface area (Å²) in [6, 6.07) is 3.30. The van der Waals surface area contributed by atoms with Crippen LogP contribution in [0.2, 0.25) is 5.28 Å².